The van der Waals surface area contributed by atoms with Crippen LogP contribution in [0.4, 0.5) is 0 Å². The zero-order chi connectivity index (χ0) is 13.8. The van der Waals surface area contributed by atoms with Crippen molar-refractivity contribution in [2.75, 3.05) is 0 Å². The highest BCUT2D eigenvalue weighted by Crippen LogP contribution is 2.15. The van der Waals surface area contributed by atoms with E-state index < -0.39 is 0 Å². The zero-order valence-electron chi connectivity index (χ0n) is 11.0. The maximum absolute atomic E-state index is 12.0. The van der Waals surface area contributed by atoms with Crippen molar-refractivity contribution in [2.24, 2.45) is 0 Å². The molecule has 0 bridgehead atoms. The molecular weight excluding hydrogens is 306 g/mol. The molecule has 0 aliphatic rings. The van der Waals surface area contributed by atoms with Crippen LogP contribution in [0.15, 0.2) is 34.9 Å². The molecule has 100 valence electrons. The Morgan fingerprint density at radius 1 is 1.37 bits per heavy atom. The third kappa shape index (κ3) is 3.23. The maximum Gasteiger partial charge on any atom is 0.251 e. The number of carbonyl (C=O) groups excluding carboxylic acids is 1. The summed E-state index contributed by atoms with van der Waals surface area (Å²) in [7, 11) is 0. The van der Waals surface area contributed by atoms with Gasteiger partial charge in [-0.3, -0.25) is 9.48 Å². The van der Waals surface area contributed by atoms with Gasteiger partial charge in [0.1, 0.15) is 0 Å². The molecule has 4 nitrogen and oxygen atoms in total. The average molecular weight is 322 g/mol. The standard InChI is InChI=1S/C14H16BrN3O/c1-3-18-13(12(15)8-17-18)9-16-14(19)11-6-4-10(2)5-7-11/h4-8H,3,9H2,1-2H3,(H,16,19). The van der Waals surface area contributed by atoms with Crippen LogP contribution in [0, 0.1) is 6.92 Å². The van der Waals surface area contributed by atoms with Crippen molar-refractivity contribution in [2.45, 2.75) is 26.9 Å². The third-order valence-electron chi connectivity index (χ3n) is 2.93. The van der Waals surface area contributed by atoms with E-state index in [0.29, 0.717) is 12.1 Å². The van der Waals surface area contributed by atoms with Crippen LogP contribution in [0.2, 0.25) is 0 Å². The van der Waals surface area contributed by atoms with E-state index in [4.69, 9.17) is 0 Å². The van der Waals surface area contributed by atoms with Gasteiger partial charge in [0, 0.05) is 12.1 Å². The minimum Gasteiger partial charge on any atom is -0.346 e. The van der Waals surface area contributed by atoms with E-state index in [9.17, 15) is 4.79 Å². The predicted octanol–water partition coefficient (Wildman–Crippen LogP) is 2.90. The summed E-state index contributed by atoms with van der Waals surface area (Å²) >= 11 is 3.44. The Bertz CT molecular complexity index is 575. The smallest absolute Gasteiger partial charge is 0.251 e. The fourth-order valence-corrected chi connectivity index (χ4v) is 2.24. The highest BCUT2D eigenvalue weighted by Gasteiger charge is 2.10. The molecule has 0 aliphatic heterocycles. The highest BCUT2D eigenvalue weighted by molar-refractivity contribution is 9.10. The second-order valence-corrected chi connectivity index (χ2v) is 5.16. The number of nitrogens with one attached hydrogen (secondary N) is 1. The van der Waals surface area contributed by atoms with Gasteiger partial charge >= 0.3 is 0 Å². The van der Waals surface area contributed by atoms with Crippen molar-refractivity contribution >= 4 is 21.8 Å². The molecular formula is C14H16BrN3O. The number of aromatic nitrogens is 2. The first-order valence-electron chi connectivity index (χ1n) is 6.17. The Labute approximate surface area is 120 Å². The Morgan fingerprint density at radius 3 is 2.68 bits per heavy atom. The Balaban J connectivity index is 2.04. The van der Waals surface area contributed by atoms with Gasteiger partial charge in [-0.15, -0.1) is 0 Å². The minimum atomic E-state index is -0.0734. The summed E-state index contributed by atoms with van der Waals surface area (Å²) in [5.41, 5.74) is 2.79. The van der Waals surface area contributed by atoms with Crippen LogP contribution in [0.5, 0.6) is 0 Å². The molecule has 0 saturated heterocycles. The van der Waals surface area contributed by atoms with E-state index in [2.05, 4.69) is 26.3 Å². The number of amides is 1. The van der Waals surface area contributed by atoms with E-state index in [1.165, 1.54) is 0 Å². The van der Waals surface area contributed by atoms with Crippen molar-refractivity contribution in [3.8, 4) is 0 Å². The lowest BCUT2D eigenvalue weighted by atomic mass is 10.1. The lowest BCUT2D eigenvalue weighted by Gasteiger charge is -2.08. The van der Waals surface area contributed by atoms with Crippen LogP contribution in [0.3, 0.4) is 0 Å². The van der Waals surface area contributed by atoms with E-state index >= 15 is 0 Å². The Kier molecular flexibility index (Phi) is 4.37. The number of nitrogens with zero attached hydrogens (tertiary/aromatic N) is 2. The van der Waals surface area contributed by atoms with Gasteiger partial charge in [0.15, 0.2) is 0 Å². The summed E-state index contributed by atoms with van der Waals surface area (Å²) < 4.78 is 2.78. The molecule has 0 unspecified atom stereocenters. The second kappa shape index (κ2) is 6.02. The molecule has 0 aliphatic carbocycles. The molecule has 0 saturated carbocycles. The molecule has 1 amide bonds. The average Bonchev–Trinajstić information content (AvgIpc) is 2.77. The van der Waals surface area contributed by atoms with E-state index in [-0.39, 0.29) is 5.91 Å². The third-order valence-corrected chi connectivity index (χ3v) is 3.59. The number of halogens is 1. The van der Waals surface area contributed by atoms with Gasteiger partial charge in [-0.25, -0.2) is 0 Å². The summed E-state index contributed by atoms with van der Waals surface area (Å²) in [5, 5.41) is 7.12. The molecule has 2 aromatic rings. The SMILES string of the molecule is CCn1ncc(Br)c1CNC(=O)c1ccc(C)cc1. The minimum absolute atomic E-state index is 0.0734. The van der Waals surface area contributed by atoms with Crippen molar-refractivity contribution in [1.82, 2.24) is 15.1 Å². The number of aryl methyl sites for hydroxylation is 2. The molecule has 2 rings (SSSR count). The largest absolute Gasteiger partial charge is 0.346 e. The lowest BCUT2D eigenvalue weighted by molar-refractivity contribution is 0.0950. The molecule has 1 aromatic carbocycles. The van der Waals surface area contributed by atoms with Gasteiger partial charge in [-0.1, -0.05) is 17.7 Å². The van der Waals surface area contributed by atoms with Gasteiger partial charge in [0.05, 0.1) is 22.9 Å². The zero-order valence-corrected chi connectivity index (χ0v) is 12.6. The molecule has 5 heteroatoms. The summed E-state index contributed by atoms with van der Waals surface area (Å²) in [6, 6.07) is 7.52. The monoisotopic (exact) mass is 321 g/mol. The topological polar surface area (TPSA) is 46.9 Å². The van der Waals surface area contributed by atoms with Crippen LogP contribution < -0.4 is 5.32 Å². The number of benzene rings is 1. The second-order valence-electron chi connectivity index (χ2n) is 4.30. The Morgan fingerprint density at radius 2 is 2.05 bits per heavy atom. The lowest BCUT2D eigenvalue weighted by Crippen LogP contribution is -2.24. The van der Waals surface area contributed by atoms with Crippen molar-refractivity contribution < 1.29 is 4.79 Å². The first-order chi connectivity index (χ1) is 9.11. The fraction of sp³-hybridized carbons (Fsp3) is 0.286. The first kappa shape index (κ1) is 13.8. The van der Waals surface area contributed by atoms with E-state index in [0.717, 1.165) is 22.3 Å². The molecule has 0 atom stereocenters. The number of carbonyl (C=O) groups is 1. The molecule has 19 heavy (non-hydrogen) atoms. The van der Waals surface area contributed by atoms with Crippen LogP contribution in [-0.4, -0.2) is 15.7 Å². The summed E-state index contributed by atoms with van der Waals surface area (Å²) in [4.78, 5) is 12.0. The van der Waals surface area contributed by atoms with Gasteiger partial charge < -0.3 is 5.32 Å². The molecule has 1 N–H and O–H groups in total. The molecule has 1 aromatic heterocycles. The highest BCUT2D eigenvalue weighted by atomic mass is 79.9. The number of hydrogen-bond donors (Lipinski definition) is 1. The number of rotatable bonds is 4. The van der Waals surface area contributed by atoms with Gasteiger partial charge in [-0.2, -0.15) is 5.10 Å². The molecule has 0 radical (unpaired) electrons. The van der Waals surface area contributed by atoms with Gasteiger partial charge in [0.2, 0.25) is 0 Å². The summed E-state index contributed by atoms with van der Waals surface area (Å²) in [6.45, 7) is 5.26. The summed E-state index contributed by atoms with van der Waals surface area (Å²) in [6.07, 6.45) is 1.75. The fourth-order valence-electron chi connectivity index (χ4n) is 1.81. The van der Waals surface area contributed by atoms with Gasteiger partial charge in [0.25, 0.3) is 5.91 Å². The number of hydrogen-bond acceptors (Lipinski definition) is 2. The van der Waals surface area contributed by atoms with Crippen LogP contribution in [0.1, 0.15) is 28.5 Å². The van der Waals surface area contributed by atoms with E-state index in [1.54, 1.807) is 6.20 Å². The first-order valence-corrected chi connectivity index (χ1v) is 6.96. The van der Waals surface area contributed by atoms with Crippen LogP contribution >= 0.6 is 15.9 Å². The van der Waals surface area contributed by atoms with Crippen molar-refractivity contribution in [3.05, 3.63) is 51.8 Å². The predicted molar refractivity (Wildman–Crippen MR) is 78.0 cm³/mol. The van der Waals surface area contributed by atoms with Gasteiger partial charge in [-0.05, 0) is 41.9 Å². The quantitative estimate of drug-likeness (QED) is 0.941. The van der Waals surface area contributed by atoms with E-state index in [1.807, 2.05) is 42.8 Å². The maximum atomic E-state index is 12.0. The molecule has 1 heterocycles. The molecule has 0 fully saturated rings. The van der Waals surface area contributed by atoms with Crippen molar-refractivity contribution in [3.63, 3.8) is 0 Å². The normalized spacial score (nSPS) is 10.5. The summed E-state index contributed by atoms with van der Waals surface area (Å²) in [5.74, 6) is -0.0734. The Hall–Kier alpha value is -1.62. The van der Waals surface area contributed by atoms with Crippen LogP contribution in [0.25, 0.3) is 0 Å². The molecule has 0 spiro atoms. The van der Waals surface area contributed by atoms with Crippen molar-refractivity contribution in [1.29, 1.82) is 0 Å². The van der Waals surface area contributed by atoms with Crippen LogP contribution in [-0.2, 0) is 13.1 Å².